The van der Waals surface area contributed by atoms with Gasteiger partial charge in [-0.15, -0.1) is 0 Å². The van der Waals surface area contributed by atoms with E-state index >= 15 is 0 Å². The number of aliphatic hydroxyl groups is 1. The molecule has 2 aliphatic heterocycles. The standard InChI is InChI=1S/C11H17N3OS/c15-9-2-1-4-14-11(9)12-10(13-14)6-8-3-5-16-7-8/h8-9,15H,1-7H2. The highest BCUT2D eigenvalue weighted by molar-refractivity contribution is 7.99. The average Bonchev–Trinajstić information content (AvgIpc) is 2.88. The predicted octanol–water partition coefficient (Wildman–Crippen LogP) is 1.40. The van der Waals surface area contributed by atoms with E-state index in [1.165, 1.54) is 17.9 Å². The zero-order valence-corrected chi connectivity index (χ0v) is 10.1. The minimum Gasteiger partial charge on any atom is -0.385 e. The van der Waals surface area contributed by atoms with Crippen molar-refractivity contribution in [3.8, 4) is 0 Å². The van der Waals surface area contributed by atoms with Crippen LogP contribution in [0.5, 0.6) is 0 Å². The zero-order chi connectivity index (χ0) is 11.0. The second-order valence-electron chi connectivity index (χ2n) is 4.70. The van der Waals surface area contributed by atoms with Crippen LogP contribution in [0, 0.1) is 5.92 Å². The zero-order valence-electron chi connectivity index (χ0n) is 9.30. The van der Waals surface area contributed by atoms with Crippen molar-refractivity contribution in [3.63, 3.8) is 0 Å². The number of aryl methyl sites for hydroxylation is 1. The van der Waals surface area contributed by atoms with Crippen molar-refractivity contribution in [2.24, 2.45) is 5.92 Å². The molecule has 16 heavy (non-hydrogen) atoms. The first-order valence-electron chi connectivity index (χ1n) is 6.02. The molecule has 1 aromatic heterocycles. The van der Waals surface area contributed by atoms with Gasteiger partial charge in [-0.05, 0) is 36.7 Å². The lowest BCUT2D eigenvalue weighted by molar-refractivity contribution is 0.130. The van der Waals surface area contributed by atoms with Gasteiger partial charge in [0.05, 0.1) is 0 Å². The van der Waals surface area contributed by atoms with Crippen LogP contribution in [0.25, 0.3) is 0 Å². The molecule has 3 heterocycles. The Hall–Kier alpha value is -0.550. The molecule has 0 spiro atoms. The van der Waals surface area contributed by atoms with E-state index in [2.05, 4.69) is 10.1 Å². The largest absolute Gasteiger partial charge is 0.385 e. The number of rotatable bonds is 2. The minimum atomic E-state index is -0.395. The first-order valence-corrected chi connectivity index (χ1v) is 7.18. The van der Waals surface area contributed by atoms with Gasteiger partial charge in [-0.2, -0.15) is 16.9 Å². The fraction of sp³-hybridized carbons (Fsp3) is 0.818. The molecule has 0 aromatic carbocycles. The normalized spacial score (nSPS) is 29.3. The Kier molecular flexibility index (Phi) is 2.90. The second kappa shape index (κ2) is 4.37. The van der Waals surface area contributed by atoms with Gasteiger partial charge in [0.25, 0.3) is 0 Å². The average molecular weight is 239 g/mol. The SMILES string of the molecule is OC1CCCn2nc(CC3CCSC3)nc21. The van der Waals surface area contributed by atoms with Crippen molar-refractivity contribution >= 4 is 11.8 Å². The van der Waals surface area contributed by atoms with E-state index in [0.29, 0.717) is 0 Å². The summed E-state index contributed by atoms with van der Waals surface area (Å²) in [5.41, 5.74) is 0. The third kappa shape index (κ3) is 1.98. The van der Waals surface area contributed by atoms with Gasteiger partial charge in [-0.3, -0.25) is 0 Å². The highest BCUT2D eigenvalue weighted by Crippen LogP contribution is 2.27. The van der Waals surface area contributed by atoms with E-state index in [0.717, 1.165) is 43.4 Å². The molecule has 1 aromatic rings. The van der Waals surface area contributed by atoms with E-state index in [1.54, 1.807) is 0 Å². The molecule has 0 radical (unpaired) electrons. The summed E-state index contributed by atoms with van der Waals surface area (Å²) >= 11 is 2.03. The summed E-state index contributed by atoms with van der Waals surface area (Å²) in [5.74, 6) is 4.98. The van der Waals surface area contributed by atoms with Crippen LogP contribution < -0.4 is 0 Å². The van der Waals surface area contributed by atoms with Crippen LogP contribution in [0.2, 0.25) is 0 Å². The summed E-state index contributed by atoms with van der Waals surface area (Å²) in [5, 5.41) is 14.3. The molecule has 2 aliphatic rings. The maximum Gasteiger partial charge on any atom is 0.156 e. The van der Waals surface area contributed by atoms with Gasteiger partial charge in [0.15, 0.2) is 11.6 Å². The molecular weight excluding hydrogens is 222 g/mol. The van der Waals surface area contributed by atoms with Gasteiger partial charge in [-0.25, -0.2) is 9.67 Å². The van der Waals surface area contributed by atoms with Gasteiger partial charge >= 0.3 is 0 Å². The van der Waals surface area contributed by atoms with Crippen LogP contribution in [-0.2, 0) is 13.0 Å². The molecule has 1 N–H and O–H groups in total. The molecule has 4 nitrogen and oxygen atoms in total. The molecule has 1 fully saturated rings. The fourth-order valence-electron chi connectivity index (χ4n) is 2.47. The van der Waals surface area contributed by atoms with Crippen molar-refractivity contribution < 1.29 is 5.11 Å². The Morgan fingerprint density at radius 3 is 3.12 bits per heavy atom. The Balaban J connectivity index is 1.75. The van der Waals surface area contributed by atoms with E-state index < -0.39 is 6.10 Å². The van der Waals surface area contributed by atoms with Crippen LogP contribution in [-0.4, -0.2) is 31.4 Å². The lowest BCUT2D eigenvalue weighted by Gasteiger charge is -2.16. The third-order valence-electron chi connectivity index (χ3n) is 3.38. The Morgan fingerprint density at radius 2 is 2.38 bits per heavy atom. The first kappa shape index (κ1) is 10.6. The Bertz CT molecular complexity index is 373. The summed E-state index contributed by atoms with van der Waals surface area (Å²) in [4.78, 5) is 4.49. The van der Waals surface area contributed by atoms with Gasteiger partial charge < -0.3 is 5.11 Å². The molecule has 1 saturated heterocycles. The number of nitrogens with zero attached hydrogens (tertiary/aromatic N) is 3. The Morgan fingerprint density at radius 1 is 1.44 bits per heavy atom. The fourth-order valence-corrected chi connectivity index (χ4v) is 3.75. The molecule has 3 rings (SSSR count). The minimum absolute atomic E-state index is 0.395. The summed E-state index contributed by atoms with van der Waals surface area (Å²) in [7, 11) is 0. The van der Waals surface area contributed by atoms with E-state index in [-0.39, 0.29) is 0 Å². The van der Waals surface area contributed by atoms with Crippen molar-refractivity contribution in [3.05, 3.63) is 11.6 Å². The summed E-state index contributed by atoms with van der Waals surface area (Å²) in [6.07, 6.45) is 3.72. The van der Waals surface area contributed by atoms with Crippen molar-refractivity contribution in [1.82, 2.24) is 14.8 Å². The van der Waals surface area contributed by atoms with Crippen molar-refractivity contribution in [2.45, 2.75) is 38.3 Å². The van der Waals surface area contributed by atoms with E-state index in [9.17, 15) is 5.11 Å². The first-order chi connectivity index (χ1) is 7.83. The monoisotopic (exact) mass is 239 g/mol. The number of hydrogen-bond acceptors (Lipinski definition) is 4. The maximum atomic E-state index is 9.81. The highest BCUT2D eigenvalue weighted by atomic mass is 32.2. The molecule has 0 bridgehead atoms. The van der Waals surface area contributed by atoms with Crippen molar-refractivity contribution in [2.75, 3.05) is 11.5 Å². The topological polar surface area (TPSA) is 50.9 Å². The Labute approximate surface area is 99.4 Å². The van der Waals surface area contributed by atoms with Gasteiger partial charge in [-0.1, -0.05) is 0 Å². The molecule has 5 heteroatoms. The van der Waals surface area contributed by atoms with Crippen LogP contribution in [0.3, 0.4) is 0 Å². The predicted molar refractivity (Wildman–Crippen MR) is 63.4 cm³/mol. The summed E-state index contributed by atoms with van der Waals surface area (Å²) < 4.78 is 1.89. The second-order valence-corrected chi connectivity index (χ2v) is 5.85. The molecular formula is C11H17N3OS. The number of aromatic nitrogens is 3. The van der Waals surface area contributed by atoms with E-state index in [1.807, 2.05) is 16.4 Å². The molecule has 2 unspecified atom stereocenters. The quantitative estimate of drug-likeness (QED) is 0.847. The molecule has 0 amide bonds. The lowest BCUT2D eigenvalue weighted by Crippen LogP contribution is -2.16. The highest BCUT2D eigenvalue weighted by Gasteiger charge is 2.24. The number of aliphatic hydroxyl groups excluding tert-OH is 1. The van der Waals surface area contributed by atoms with Crippen molar-refractivity contribution in [1.29, 1.82) is 0 Å². The number of fused-ring (bicyclic) bond motifs is 1. The molecule has 2 atom stereocenters. The smallest absolute Gasteiger partial charge is 0.156 e. The number of hydrogen-bond donors (Lipinski definition) is 1. The molecule has 0 saturated carbocycles. The summed E-state index contributed by atoms with van der Waals surface area (Å²) in [6.45, 7) is 0.915. The van der Waals surface area contributed by atoms with Crippen LogP contribution in [0.4, 0.5) is 0 Å². The molecule has 0 aliphatic carbocycles. The van der Waals surface area contributed by atoms with Gasteiger partial charge in [0.2, 0.25) is 0 Å². The number of thioether (sulfide) groups is 1. The van der Waals surface area contributed by atoms with Gasteiger partial charge in [0.1, 0.15) is 6.10 Å². The summed E-state index contributed by atoms with van der Waals surface area (Å²) in [6, 6.07) is 0. The maximum absolute atomic E-state index is 9.81. The third-order valence-corrected chi connectivity index (χ3v) is 4.62. The van der Waals surface area contributed by atoms with E-state index in [4.69, 9.17) is 0 Å². The van der Waals surface area contributed by atoms with Crippen LogP contribution in [0.15, 0.2) is 0 Å². The van der Waals surface area contributed by atoms with Gasteiger partial charge in [0, 0.05) is 13.0 Å². The van der Waals surface area contributed by atoms with Crippen LogP contribution in [0.1, 0.15) is 37.0 Å². The molecule has 88 valence electrons. The lowest BCUT2D eigenvalue weighted by atomic mass is 10.1. The van der Waals surface area contributed by atoms with Crippen LogP contribution >= 0.6 is 11.8 Å².